The predicted molar refractivity (Wildman–Crippen MR) is 75.7 cm³/mol. The fourth-order valence-corrected chi connectivity index (χ4v) is 1.65. The van der Waals surface area contributed by atoms with Gasteiger partial charge in [0.25, 0.3) is 0 Å². The van der Waals surface area contributed by atoms with Crippen LogP contribution in [-0.4, -0.2) is 30.1 Å². The van der Waals surface area contributed by atoms with Gasteiger partial charge in [-0.1, -0.05) is 18.2 Å². The number of hydrogen-bond donors (Lipinski definition) is 1. The summed E-state index contributed by atoms with van der Waals surface area (Å²) in [6.07, 6.45) is 0. The molecule has 0 saturated heterocycles. The molecule has 0 bridgehead atoms. The summed E-state index contributed by atoms with van der Waals surface area (Å²) in [5.41, 5.74) is 0.445. The van der Waals surface area contributed by atoms with Gasteiger partial charge in [-0.25, -0.2) is 4.79 Å². The zero-order valence-corrected chi connectivity index (χ0v) is 11.2. The van der Waals surface area contributed by atoms with Gasteiger partial charge in [0.2, 0.25) is 0 Å². The van der Waals surface area contributed by atoms with E-state index in [4.69, 9.17) is 14.6 Å². The molecule has 0 fully saturated rings. The summed E-state index contributed by atoms with van der Waals surface area (Å²) in [4.78, 5) is 22.0. The topological polar surface area (TPSA) is 72.8 Å². The molecule has 1 N–H and O–H groups in total. The summed E-state index contributed by atoms with van der Waals surface area (Å²) in [7, 11) is 0. The average Bonchev–Trinajstić information content (AvgIpc) is 2.48. The third kappa shape index (κ3) is 4.74. The van der Waals surface area contributed by atoms with Crippen molar-refractivity contribution in [3.8, 4) is 11.5 Å². The number of carbonyl (C=O) groups is 2. The normalized spacial score (nSPS) is 10.1. The highest BCUT2D eigenvalue weighted by Crippen LogP contribution is 2.21. The molecule has 0 radical (unpaired) electrons. The molecule has 5 nitrogen and oxygen atoms in total. The van der Waals surface area contributed by atoms with E-state index in [0.29, 0.717) is 17.1 Å². The molecule has 0 aliphatic carbocycles. The zero-order valence-electron chi connectivity index (χ0n) is 11.2. The van der Waals surface area contributed by atoms with Crippen LogP contribution in [0.3, 0.4) is 0 Å². The summed E-state index contributed by atoms with van der Waals surface area (Å²) in [5.74, 6) is -0.0532. The van der Waals surface area contributed by atoms with Gasteiger partial charge in [0, 0.05) is 5.56 Å². The van der Waals surface area contributed by atoms with Crippen LogP contribution in [0.1, 0.15) is 10.4 Å². The van der Waals surface area contributed by atoms with Gasteiger partial charge < -0.3 is 14.6 Å². The predicted octanol–water partition coefficient (Wildman–Crippen LogP) is 2.76. The Morgan fingerprint density at radius 1 is 0.857 bits per heavy atom. The number of carbonyl (C=O) groups excluding carboxylic acids is 1. The molecular weight excluding hydrogens is 272 g/mol. The van der Waals surface area contributed by atoms with Crippen LogP contribution in [0.4, 0.5) is 0 Å². The number of carboxylic acids is 1. The quantitative estimate of drug-likeness (QED) is 0.792. The van der Waals surface area contributed by atoms with Gasteiger partial charge in [-0.15, -0.1) is 0 Å². The first kappa shape index (κ1) is 14.7. The van der Waals surface area contributed by atoms with Gasteiger partial charge in [-0.05, 0) is 36.4 Å². The Labute approximate surface area is 121 Å². The SMILES string of the molecule is O=C(O)COCC(=O)c1ccc(Oc2ccccc2)cc1. The Hall–Kier alpha value is -2.66. The second-order valence-corrected chi connectivity index (χ2v) is 4.25. The van der Waals surface area contributed by atoms with Crippen molar-refractivity contribution in [3.05, 3.63) is 60.2 Å². The summed E-state index contributed by atoms with van der Waals surface area (Å²) in [6, 6.07) is 15.9. The van der Waals surface area contributed by atoms with Crippen LogP contribution in [0.25, 0.3) is 0 Å². The highest BCUT2D eigenvalue weighted by Gasteiger charge is 2.07. The lowest BCUT2D eigenvalue weighted by Gasteiger charge is -2.06. The van der Waals surface area contributed by atoms with E-state index in [0.717, 1.165) is 0 Å². The minimum Gasteiger partial charge on any atom is -0.480 e. The Morgan fingerprint density at radius 3 is 2.10 bits per heavy atom. The third-order valence-corrected chi connectivity index (χ3v) is 2.61. The van der Waals surface area contributed by atoms with E-state index >= 15 is 0 Å². The molecule has 0 unspecified atom stereocenters. The first-order valence-electron chi connectivity index (χ1n) is 6.31. The number of hydrogen-bond acceptors (Lipinski definition) is 4. The van der Waals surface area contributed by atoms with E-state index in [1.165, 1.54) is 0 Å². The number of benzene rings is 2. The monoisotopic (exact) mass is 286 g/mol. The fourth-order valence-electron chi connectivity index (χ4n) is 1.65. The molecule has 0 saturated carbocycles. The summed E-state index contributed by atoms with van der Waals surface area (Å²) >= 11 is 0. The third-order valence-electron chi connectivity index (χ3n) is 2.61. The van der Waals surface area contributed by atoms with E-state index < -0.39 is 12.6 Å². The maximum Gasteiger partial charge on any atom is 0.329 e. The minimum absolute atomic E-state index is 0.259. The number of ether oxygens (including phenoxy) is 2. The fraction of sp³-hybridized carbons (Fsp3) is 0.125. The molecule has 0 atom stereocenters. The lowest BCUT2D eigenvalue weighted by molar-refractivity contribution is -0.141. The summed E-state index contributed by atoms with van der Waals surface area (Å²) < 4.78 is 10.4. The van der Waals surface area contributed by atoms with Crippen LogP contribution in [0, 0.1) is 0 Å². The van der Waals surface area contributed by atoms with Gasteiger partial charge in [0.05, 0.1) is 0 Å². The molecule has 2 aromatic carbocycles. The van der Waals surface area contributed by atoms with Crippen molar-refractivity contribution in [2.75, 3.05) is 13.2 Å². The molecule has 0 aliphatic heterocycles. The number of aliphatic carboxylic acids is 1. The maximum atomic E-state index is 11.7. The largest absolute Gasteiger partial charge is 0.480 e. The number of para-hydroxylation sites is 1. The maximum absolute atomic E-state index is 11.7. The van der Waals surface area contributed by atoms with E-state index in [9.17, 15) is 9.59 Å². The van der Waals surface area contributed by atoms with Gasteiger partial charge in [-0.3, -0.25) is 4.79 Å². The molecule has 2 aromatic rings. The molecule has 0 spiro atoms. The van der Waals surface area contributed by atoms with E-state index in [-0.39, 0.29) is 12.4 Å². The summed E-state index contributed by atoms with van der Waals surface area (Å²) in [6.45, 7) is -0.744. The number of rotatable bonds is 7. The molecular formula is C16H14O5. The van der Waals surface area contributed by atoms with Crippen LogP contribution < -0.4 is 4.74 Å². The van der Waals surface area contributed by atoms with Crippen molar-refractivity contribution in [2.24, 2.45) is 0 Å². The van der Waals surface area contributed by atoms with Crippen molar-refractivity contribution < 1.29 is 24.2 Å². The zero-order chi connectivity index (χ0) is 15.1. The second kappa shape index (κ2) is 7.21. The number of Topliss-reactive ketones (excluding diaryl/α,β-unsaturated/α-hetero) is 1. The van der Waals surface area contributed by atoms with Gasteiger partial charge in [0.1, 0.15) is 24.7 Å². The lowest BCUT2D eigenvalue weighted by Crippen LogP contribution is -2.14. The van der Waals surface area contributed by atoms with Crippen LogP contribution in [0.5, 0.6) is 11.5 Å². The Morgan fingerprint density at radius 2 is 1.48 bits per heavy atom. The van der Waals surface area contributed by atoms with Crippen molar-refractivity contribution in [1.82, 2.24) is 0 Å². The second-order valence-electron chi connectivity index (χ2n) is 4.25. The Balaban J connectivity index is 1.92. The van der Waals surface area contributed by atoms with E-state index in [1.807, 2.05) is 30.3 Å². The summed E-state index contributed by atoms with van der Waals surface area (Å²) in [5, 5.41) is 8.42. The number of carboxylic acid groups (broad SMARTS) is 1. The smallest absolute Gasteiger partial charge is 0.329 e. The van der Waals surface area contributed by atoms with Crippen molar-refractivity contribution in [1.29, 1.82) is 0 Å². The molecule has 5 heteroatoms. The molecule has 0 aliphatic rings. The average molecular weight is 286 g/mol. The van der Waals surface area contributed by atoms with Gasteiger partial charge in [-0.2, -0.15) is 0 Å². The molecule has 108 valence electrons. The molecule has 0 amide bonds. The van der Waals surface area contributed by atoms with Crippen LogP contribution >= 0.6 is 0 Å². The Kier molecular flexibility index (Phi) is 5.06. The molecule has 0 aromatic heterocycles. The van der Waals surface area contributed by atoms with Crippen molar-refractivity contribution >= 4 is 11.8 Å². The van der Waals surface area contributed by atoms with E-state index in [2.05, 4.69) is 0 Å². The molecule has 2 rings (SSSR count). The first-order valence-corrected chi connectivity index (χ1v) is 6.31. The van der Waals surface area contributed by atoms with Gasteiger partial charge in [0.15, 0.2) is 5.78 Å². The first-order chi connectivity index (χ1) is 10.1. The highest BCUT2D eigenvalue weighted by molar-refractivity contribution is 5.97. The Bertz CT molecular complexity index is 604. The number of ketones is 1. The van der Waals surface area contributed by atoms with Crippen LogP contribution in [-0.2, 0) is 9.53 Å². The minimum atomic E-state index is -1.10. The van der Waals surface area contributed by atoms with Gasteiger partial charge >= 0.3 is 5.97 Å². The van der Waals surface area contributed by atoms with Crippen LogP contribution in [0.15, 0.2) is 54.6 Å². The highest BCUT2D eigenvalue weighted by atomic mass is 16.5. The van der Waals surface area contributed by atoms with Crippen LogP contribution in [0.2, 0.25) is 0 Å². The lowest BCUT2D eigenvalue weighted by atomic mass is 10.1. The molecule has 0 heterocycles. The van der Waals surface area contributed by atoms with Crippen molar-refractivity contribution in [3.63, 3.8) is 0 Å². The van der Waals surface area contributed by atoms with Crippen molar-refractivity contribution in [2.45, 2.75) is 0 Å². The van der Waals surface area contributed by atoms with E-state index in [1.54, 1.807) is 24.3 Å². The standard InChI is InChI=1S/C16H14O5/c17-15(10-20-11-16(18)19)12-6-8-14(9-7-12)21-13-4-2-1-3-5-13/h1-9H,10-11H2,(H,18,19). The molecule has 21 heavy (non-hydrogen) atoms.